The third kappa shape index (κ3) is 5.75. The van der Waals surface area contributed by atoms with Crippen LogP contribution in [0.15, 0.2) is 42.5 Å². The summed E-state index contributed by atoms with van der Waals surface area (Å²) in [4.78, 5) is 26.7. The molecule has 1 unspecified atom stereocenters. The Kier molecular flexibility index (Phi) is 7.33. The molecule has 0 aromatic heterocycles. The van der Waals surface area contributed by atoms with Crippen molar-refractivity contribution in [3.05, 3.63) is 59.2 Å². The van der Waals surface area contributed by atoms with Crippen molar-refractivity contribution in [2.45, 2.75) is 45.2 Å². The molecule has 2 aromatic rings. The van der Waals surface area contributed by atoms with Crippen LogP contribution in [0.25, 0.3) is 0 Å². The van der Waals surface area contributed by atoms with Gasteiger partial charge in [0.15, 0.2) is 0 Å². The van der Waals surface area contributed by atoms with E-state index in [4.69, 9.17) is 9.47 Å². The fraction of sp³-hybridized carbons (Fsp3) is 0.417. The van der Waals surface area contributed by atoms with Crippen LogP contribution in [0.5, 0.6) is 11.5 Å². The van der Waals surface area contributed by atoms with E-state index in [-0.39, 0.29) is 17.9 Å². The minimum atomic E-state index is -0.0456. The van der Waals surface area contributed by atoms with Crippen LogP contribution < -0.4 is 14.8 Å². The lowest BCUT2D eigenvalue weighted by atomic mass is 10.1. The van der Waals surface area contributed by atoms with Gasteiger partial charge in [0.05, 0.1) is 14.2 Å². The van der Waals surface area contributed by atoms with Crippen molar-refractivity contribution in [2.75, 3.05) is 20.8 Å². The molecule has 3 rings (SSSR count). The van der Waals surface area contributed by atoms with Gasteiger partial charge in [0.2, 0.25) is 11.8 Å². The molecule has 6 heteroatoms. The highest BCUT2D eigenvalue weighted by atomic mass is 16.5. The Morgan fingerprint density at radius 3 is 2.37 bits per heavy atom. The van der Waals surface area contributed by atoms with Crippen LogP contribution in [0, 0.1) is 6.92 Å². The SMILES string of the molecule is COc1cc(CCNC(=O)CC2CCC(=O)N2Cc2ccc(C)cc2)cc(OC)c1. The maximum Gasteiger partial charge on any atom is 0.223 e. The number of nitrogens with zero attached hydrogens (tertiary/aromatic N) is 1. The lowest BCUT2D eigenvalue weighted by Crippen LogP contribution is -2.37. The molecule has 1 aliphatic rings. The summed E-state index contributed by atoms with van der Waals surface area (Å²) in [6.45, 7) is 3.12. The Morgan fingerprint density at radius 2 is 1.73 bits per heavy atom. The first-order valence-electron chi connectivity index (χ1n) is 10.3. The molecule has 0 saturated carbocycles. The first kappa shape index (κ1) is 21.7. The Hall–Kier alpha value is -3.02. The molecule has 1 N–H and O–H groups in total. The van der Waals surface area contributed by atoms with E-state index < -0.39 is 0 Å². The first-order valence-corrected chi connectivity index (χ1v) is 10.3. The van der Waals surface area contributed by atoms with Crippen molar-refractivity contribution in [1.29, 1.82) is 0 Å². The zero-order valence-corrected chi connectivity index (χ0v) is 17.9. The smallest absolute Gasteiger partial charge is 0.223 e. The highest BCUT2D eigenvalue weighted by Crippen LogP contribution is 2.24. The molecular weight excluding hydrogens is 380 g/mol. The van der Waals surface area contributed by atoms with Crippen LogP contribution in [0.2, 0.25) is 0 Å². The van der Waals surface area contributed by atoms with Crippen LogP contribution in [0.3, 0.4) is 0 Å². The topological polar surface area (TPSA) is 67.9 Å². The number of nitrogens with one attached hydrogen (secondary N) is 1. The van der Waals surface area contributed by atoms with Gasteiger partial charge in [-0.15, -0.1) is 0 Å². The zero-order chi connectivity index (χ0) is 21.5. The molecule has 0 bridgehead atoms. The molecule has 0 spiro atoms. The summed E-state index contributed by atoms with van der Waals surface area (Å²) in [7, 11) is 3.23. The monoisotopic (exact) mass is 410 g/mol. The first-order chi connectivity index (χ1) is 14.5. The molecule has 6 nitrogen and oxygen atoms in total. The molecule has 0 aliphatic carbocycles. The Balaban J connectivity index is 1.51. The van der Waals surface area contributed by atoms with Crippen molar-refractivity contribution in [1.82, 2.24) is 10.2 Å². The Labute approximate surface area is 178 Å². The van der Waals surface area contributed by atoms with Crippen molar-refractivity contribution >= 4 is 11.8 Å². The highest BCUT2D eigenvalue weighted by molar-refractivity contribution is 5.82. The molecule has 1 atom stereocenters. The number of carbonyl (C=O) groups is 2. The van der Waals surface area contributed by atoms with E-state index in [1.54, 1.807) is 14.2 Å². The van der Waals surface area contributed by atoms with Gasteiger partial charge < -0.3 is 19.7 Å². The van der Waals surface area contributed by atoms with Gasteiger partial charge in [-0.3, -0.25) is 9.59 Å². The molecule has 0 radical (unpaired) electrons. The number of hydrogen-bond acceptors (Lipinski definition) is 4. The number of amides is 2. The number of hydrogen-bond donors (Lipinski definition) is 1. The molecule has 2 aromatic carbocycles. The fourth-order valence-corrected chi connectivity index (χ4v) is 3.76. The number of carbonyl (C=O) groups excluding carboxylic acids is 2. The second-order valence-corrected chi connectivity index (χ2v) is 7.72. The number of aryl methyl sites for hydroxylation is 1. The molecule has 160 valence electrons. The lowest BCUT2D eigenvalue weighted by molar-refractivity contribution is -0.130. The van der Waals surface area contributed by atoms with E-state index >= 15 is 0 Å². The van der Waals surface area contributed by atoms with Crippen LogP contribution in [-0.4, -0.2) is 43.5 Å². The van der Waals surface area contributed by atoms with Crippen molar-refractivity contribution in [3.8, 4) is 11.5 Å². The van der Waals surface area contributed by atoms with E-state index in [9.17, 15) is 9.59 Å². The second-order valence-electron chi connectivity index (χ2n) is 7.72. The lowest BCUT2D eigenvalue weighted by Gasteiger charge is -2.24. The van der Waals surface area contributed by atoms with Gasteiger partial charge in [0.25, 0.3) is 0 Å². The Bertz CT molecular complexity index is 857. The number of rotatable bonds is 9. The average Bonchev–Trinajstić information content (AvgIpc) is 3.08. The maximum absolute atomic E-state index is 12.5. The summed E-state index contributed by atoms with van der Waals surface area (Å²) >= 11 is 0. The van der Waals surface area contributed by atoms with E-state index in [0.717, 1.165) is 29.0 Å². The summed E-state index contributed by atoms with van der Waals surface area (Å²) in [5.41, 5.74) is 3.31. The van der Waals surface area contributed by atoms with Gasteiger partial charge in [-0.1, -0.05) is 29.8 Å². The van der Waals surface area contributed by atoms with E-state index in [2.05, 4.69) is 5.32 Å². The van der Waals surface area contributed by atoms with Crippen LogP contribution in [-0.2, 0) is 22.6 Å². The van der Waals surface area contributed by atoms with E-state index in [1.807, 2.05) is 54.3 Å². The molecular formula is C24H30N2O4. The molecule has 1 aliphatic heterocycles. The number of benzene rings is 2. The van der Waals surface area contributed by atoms with Gasteiger partial charge in [-0.25, -0.2) is 0 Å². The van der Waals surface area contributed by atoms with Crippen LogP contribution >= 0.6 is 0 Å². The number of ether oxygens (including phenoxy) is 2. The van der Waals surface area contributed by atoms with Gasteiger partial charge in [0, 0.05) is 38.0 Å². The zero-order valence-electron chi connectivity index (χ0n) is 17.9. The van der Waals surface area contributed by atoms with Crippen molar-refractivity contribution in [2.24, 2.45) is 0 Å². The Morgan fingerprint density at radius 1 is 1.07 bits per heavy atom. The molecule has 1 heterocycles. The quantitative estimate of drug-likeness (QED) is 0.689. The predicted octanol–water partition coefficient (Wildman–Crippen LogP) is 3.25. The summed E-state index contributed by atoms with van der Waals surface area (Å²) in [6, 6.07) is 13.8. The van der Waals surface area contributed by atoms with Crippen molar-refractivity contribution in [3.63, 3.8) is 0 Å². The molecule has 1 saturated heterocycles. The largest absolute Gasteiger partial charge is 0.497 e. The van der Waals surface area contributed by atoms with E-state index in [1.165, 1.54) is 5.56 Å². The molecule has 1 fully saturated rings. The van der Waals surface area contributed by atoms with Gasteiger partial charge >= 0.3 is 0 Å². The van der Waals surface area contributed by atoms with Gasteiger partial charge in [0.1, 0.15) is 11.5 Å². The standard InChI is InChI=1S/C24H30N2O4/c1-17-4-6-18(7-5-17)16-26-20(8-9-24(26)28)14-23(27)25-11-10-19-12-21(29-2)15-22(13-19)30-3/h4-7,12-13,15,20H,8-11,14,16H2,1-3H3,(H,25,27). The minimum Gasteiger partial charge on any atom is -0.497 e. The molecule has 2 amide bonds. The summed E-state index contributed by atoms with van der Waals surface area (Å²) in [6.07, 6.45) is 2.24. The predicted molar refractivity (Wildman–Crippen MR) is 116 cm³/mol. The number of methoxy groups -OCH3 is 2. The molecule has 30 heavy (non-hydrogen) atoms. The minimum absolute atomic E-state index is 0.0292. The average molecular weight is 411 g/mol. The number of likely N-dealkylation sites (tertiary alicyclic amines) is 1. The van der Waals surface area contributed by atoms with E-state index in [0.29, 0.717) is 32.4 Å². The van der Waals surface area contributed by atoms with Gasteiger partial charge in [-0.05, 0) is 43.0 Å². The summed E-state index contributed by atoms with van der Waals surface area (Å²) in [5.74, 6) is 1.55. The summed E-state index contributed by atoms with van der Waals surface area (Å²) < 4.78 is 10.6. The third-order valence-corrected chi connectivity index (χ3v) is 5.49. The normalized spacial score (nSPS) is 15.9. The third-order valence-electron chi connectivity index (χ3n) is 5.49. The van der Waals surface area contributed by atoms with Gasteiger partial charge in [-0.2, -0.15) is 0 Å². The van der Waals surface area contributed by atoms with Crippen molar-refractivity contribution < 1.29 is 19.1 Å². The fourth-order valence-electron chi connectivity index (χ4n) is 3.76. The highest BCUT2D eigenvalue weighted by Gasteiger charge is 2.32. The van der Waals surface area contributed by atoms with Crippen LogP contribution in [0.4, 0.5) is 0 Å². The summed E-state index contributed by atoms with van der Waals surface area (Å²) in [5, 5.41) is 2.98. The maximum atomic E-state index is 12.5. The second kappa shape index (κ2) is 10.1. The van der Waals surface area contributed by atoms with Crippen LogP contribution in [0.1, 0.15) is 36.0 Å².